The molecule has 0 unspecified atom stereocenters. The lowest BCUT2D eigenvalue weighted by atomic mass is 9.88. The minimum Gasteiger partial charge on any atom is -0.351 e. The van der Waals surface area contributed by atoms with Gasteiger partial charge in [-0.3, -0.25) is 34.6 Å². The topological polar surface area (TPSA) is 156 Å². The molecule has 2 fully saturated rings. The van der Waals surface area contributed by atoms with Crippen LogP contribution in [0.5, 0.6) is 0 Å². The van der Waals surface area contributed by atoms with Crippen LogP contribution in [0.1, 0.15) is 5.56 Å². The molecule has 1 N–H and O–H groups in total. The Hall–Kier alpha value is -5.39. The van der Waals surface area contributed by atoms with Gasteiger partial charge in [0.1, 0.15) is 6.04 Å². The van der Waals surface area contributed by atoms with Crippen LogP contribution in [0, 0.1) is 32.1 Å². The summed E-state index contributed by atoms with van der Waals surface area (Å²) in [5.74, 6) is -3.53. The van der Waals surface area contributed by atoms with E-state index in [2.05, 4.69) is 5.32 Å². The summed E-state index contributed by atoms with van der Waals surface area (Å²) >= 11 is 0. The molecule has 3 aliphatic heterocycles. The van der Waals surface area contributed by atoms with Crippen LogP contribution >= 0.6 is 0 Å². The lowest BCUT2D eigenvalue weighted by Gasteiger charge is -2.36. The second-order valence-electron chi connectivity index (χ2n) is 9.39. The van der Waals surface area contributed by atoms with Gasteiger partial charge >= 0.3 is 0 Å². The zero-order valence-electron chi connectivity index (χ0n) is 20.0. The molecule has 0 radical (unpaired) electrons. The predicted octanol–water partition coefficient (Wildman–Crippen LogP) is 3.53. The van der Waals surface area contributed by atoms with Crippen molar-refractivity contribution in [2.24, 2.45) is 11.8 Å². The average Bonchev–Trinajstić information content (AvgIpc) is 3.41. The van der Waals surface area contributed by atoms with Crippen molar-refractivity contribution in [3.63, 3.8) is 0 Å². The zero-order chi connectivity index (χ0) is 27.4. The predicted molar refractivity (Wildman–Crippen MR) is 140 cm³/mol. The first-order valence-corrected chi connectivity index (χ1v) is 12.0. The Balaban J connectivity index is 1.39. The first-order chi connectivity index (χ1) is 18.8. The maximum absolute atomic E-state index is 13.8. The van der Waals surface area contributed by atoms with E-state index in [0.29, 0.717) is 11.4 Å². The van der Waals surface area contributed by atoms with Crippen molar-refractivity contribution in [3.05, 3.63) is 105 Å². The molecule has 4 atom stereocenters. The number of hydrogen-bond donors (Lipinski definition) is 1. The highest BCUT2D eigenvalue weighted by Gasteiger charge is 2.64. The van der Waals surface area contributed by atoms with Gasteiger partial charge in [0.15, 0.2) is 0 Å². The Bertz CT molecular complexity index is 1580. The van der Waals surface area contributed by atoms with Gasteiger partial charge in [-0.05, 0) is 35.9 Å². The number of nitro groups is 2. The number of hydrogen-bond acceptors (Lipinski definition) is 8. The number of nitro benzene ring substituents is 2. The molecule has 3 amide bonds. The Morgan fingerprint density at radius 1 is 0.795 bits per heavy atom. The largest absolute Gasteiger partial charge is 0.351 e. The molecular weight excluding hydrogens is 506 g/mol. The van der Waals surface area contributed by atoms with Crippen LogP contribution in [-0.4, -0.2) is 39.7 Å². The molecule has 3 aromatic rings. The summed E-state index contributed by atoms with van der Waals surface area (Å²) in [5, 5.41) is 24.8. The fourth-order valence-corrected chi connectivity index (χ4v) is 5.67. The summed E-state index contributed by atoms with van der Waals surface area (Å²) in [5.41, 5.74) is 1.69. The molecule has 3 heterocycles. The number of nitrogens with one attached hydrogen (secondary N) is 1. The van der Waals surface area contributed by atoms with Crippen LogP contribution in [0.4, 0.5) is 28.4 Å². The van der Waals surface area contributed by atoms with Gasteiger partial charge in [0.05, 0.1) is 33.4 Å². The van der Waals surface area contributed by atoms with E-state index < -0.39 is 51.5 Å². The number of imide groups is 1. The van der Waals surface area contributed by atoms with Gasteiger partial charge in [-0.15, -0.1) is 0 Å². The lowest BCUT2D eigenvalue weighted by molar-refractivity contribution is -0.385. The summed E-state index contributed by atoms with van der Waals surface area (Å²) in [7, 11) is 0. The highest BCUT2D eigenvalue weighted by molar-refractivity contribution is 6.25. The van der Waals surface area contributed by atoms with E-state index in [0.717, 1.165) is 10.5 Å². The molecule has 2 saturated heterocycles. The minimum atomic E-state index is -1.07. The van der Waals surface area contributed by atoms with Crippen molar-refractivity contribution >= 4 is 52.2 Å². The quantitative estimate of drug-likeness (QED) is 0.301. The average molecular weight is 525 g/mol. The summed E-state index contributed by atoms with van der Waals surface area (Å²) in [6, 6.07) is 16.1. The number of benzene rings is 3. The third-order valence-corrected chi connectivity index (χ3v) is 7.35. The van der Waals surface area contributed by atoms with Crippen LogP contribution in [0.15, 0.2) is 78.9 Å². The number of carbonyl (C=O) groups excluding carboxylic acids is 3. The normalized spacial score (nSPS) is 22.8. The third-order valence-electron chi connectivity index (χ3n) is 7.35. The van der Waals surface area contributed by atoms with Gasteiger partial charge < -0.3 is 10.2 Å². The molecule has 6 rings (SSSR count). The minimum absolute atomic E-state index is 0.139. The molecule has 3 aromatic carbocycles. The SMILES string of the molecule is O=C(Nc1ccc([N+](=O)[O-])cc1)[C@@H]1[C@@H]2C(=O)N(c3ccc([N+](=O)[O-])cc3)C(=O)[C@H]2[C@@H]2C=Cc3ccccc3N12. The Morgan fingerprint density at radius 3 is 2.03 bits per heavy atom. The van der Waals surface area contributed by atoms with Gasteiger partial charge in [-0.2, -0.15) is 0 Å². The van der Waals surface area contributed by atoms with Gasteiger partial charge in [-0.1, -0.05) is 30.4 Å². The second kappa shape index (κ2) is 8.87. The van der Waals surface area contributed by atoms with E-state index in [9.17, 15) is 34.6 Å². The monoisotopic (exact) mass is 525 g/mol. The van der Waals surface area contributed by atoms with Crippen molar-refractivity contribution in [1.29, 1.82) is 0 Å². The Labute approximate surface area is 220 Å². The first-order valence-electron chi connectivity index (χ1n) is 12.0. The highest BCUT2D eigenvalue weighted by Crippen LogP contribution is 2.49. The molecule has 0 aromatic heterocycles. The van der Waals surface area contributed by atoms with Crippen molar-refractivity contribution in [1.82, 2.24) is 0 Å². The molecule has 3 aliphatic rings. The fourth-order valence-electron chi connectivity index (χ4n) is 5.67. The number of para-hydroxylation sites is 1. The molecule has 12 heteroatoms. The molecule has 194 valence electrons. The van der Waals surface area contributed by atoms with Crippen LogP contribution in [-0.2, 0) is 14.4 Å². The van der Waals surface area contributed by atoms with Crippen LogP contribution in [0.3, 0.4) is 0 Å². The summed E-state index contributed by atoms with van der Waals surface area (Å²) in [4.78, 5) is 65.1. The number of non-ortho nitro benzene ring substituents is 2. The van der Waals surface area contributed by atoms with Crippen molar-refractivity contribution in [2.75, 3.05) is 15.1 Å². The molecule has 39 heavy (non-hydrogen) atoms. The molecule has 0 saturated carbocycles. The molecule has 0 aliphatic carbocycles. The molecule has 0 spiro atoms. The summed E-state index contributed by atoms with van der Waals surface area (Å²) in [6.45, 7) is 0. The van der Waals surface area contributed by atoms with E-state index in [1.165, 1.54) is 48.5 Å². The number of carbonyl (C=O) groups is 3. The second-order valence-corrected chi connectivity index (χ2v) is 9.39. The number of rotatable bonds is 5. The van der Waals surface area contributed by atoms with E-state index in [-0.39, 0.29) is 17.1 Å². The Kier molecular flexibility index (Phi) is 5.45. The van der Waals surface area contributed by atoms with E-state index in [1.54, 1.807) is 11.0 Å². The molecule has 0 bridgehead atoms. The maximum Gasteiger partial charge on any atom is 0.269 e. The number of fused-ring (bicyclic) bond motifs is 5. The van der Waals surface area contributed by atoms with Crippen molar-refractivity contribution in [3.8, 4) is 0 Å². The molecular formula is C27H19N5O7. The van der Waals surface area contributed by atoms with Gasteiger partial charge in [0, 0.05) is 35.6 Å². The maximum atomic E-state index is 13.8. The number of nitrogens with zero attached hydrogens (tertiary/aromatic N) is 4. The smallest absolute Gasteiger partial charge is 0.269 e. The zero-order valence-corrected chi connectivity index (χ0v) is 20.0. The van der Waals surface area contributed by atoms with E-state index in [4.69, 9.17) is 0 Å². The van der Waals surface area contributed by atoms with Gasteiger partial charge in [0.25, 0.3) is 11.4 Å². The summed E-state index contributed by atoms with van der Waals surface area (Å²) < 4.78 is 0. The fraction of sp³-hybridized carbons (Fsp3) is 0.148. The van der Waals surface area contributed by atoms with E-state index >= 15 is 0 Å². The van der Waals surface area contributed by atoms with Crippen molar-refractivity contribution < 1.29 is 24.2 Å². The summed E-state index contributed by atoms with van der Waals surface area (Å²) in [6.07, 6.45) is 3.67. The first kappa shape index (κ1) is 24.0. The van der Waals surface area contributed by atoms with Crippen LogP contribution in [0.2, 0.25) is 0 Å². The third kappa shape index (κ3) is 3.72. The van der Waals surface area contributed by atoms with Gasteiger partial charge in [0.2, 0.25) is 17.7 Å². The lowest BCUT2D eigenvalue weighted by Crippen LogP contribution is -2.50. The van der Waals surface area contributed by atoms with E-state index in [1.807, 2.05) is 30.4 Å². The van der Waals surface area contributed by atoms with Crippen LogP contribution in [0.25, 0.3) is 6.08 Å². The highest BCUT2D eigenvalue weighted by atomic mass is 16.6. The van der Waals surface area contributed by atoms with Crippen molar-refractivity contribution in [2.45, 2.75) is 12.1 Å². The van der Waals surface area contributed by atoms with Crippen LogP contribution < -0.4 is 15.1 Å². The number of anilines is 3. The standard InChI is InChI=1S/C27H19N5O7/c33-25(28-16-6-8-18(9-7-16)31(36)37)24-23-22(21-14-5-15-3-1-2-4-20(15)30(21)24)26(34)29(27(23)35)17-10-12-19(13-11-17)32(38)39/h1-14,21-24H,(H,28,33)/t21-,22-,23+,24-/m0/s1. The number of amides is 3. The van der Waals surface area contributed by atoms with Gasteiger partial charge in [-0.25, -0.2) is 4.90 Å². The molecule has 12 nitrogen and oxygen atoms in total. The Morgan fingerprint density at radius 2 is 1.38 bits per heavy atom.